The Morgan fingerprint density at radius 2 is 1.25 bits per heavy atom. The Labute approximate surface area is 320 Å². The number of hydrogen-bond donors (Lipinski definition) is 3. The first kappa shape index (κ1) is 41.9. The van der Waals surface area contributed by atoms with Crippen molar-refractivity contribution in [1.29, 1.82) is 0 Å². The van der Waals surface area contributed by atoms with Gasteiger partial charge in [0.15, 0.2) is 15.6 Å². The maximum atomic E-state index is 14.5. The van der Waals surface area contributed by atoms with Gasteiger partial charge in [0.1, 0.15) is 40.7 Å². The number of nitrogens with one attached hydrogen (secondary N) is 2. The van der Waals surface area contributed by atoms with Crippen molar-refractivity contribution in [2.75, 3.05) is 14.2 Å². The van der Waals surface area contributed by atoms with E-state index in [-0.39, 0.29) is 30.1 Å². The lowest BCUT2D eigenvalue weighted by Crippen LogP contribution is -2.52. The first-order valence-electron chi connectivity index (χ1n) is 17.4. The van der Waals surface area contributed by atoms with E-state index in [1.165, 1.54) is 36.4 Å². The highest BCUT2D eigenvalue weighted by atomic mass is 32.2. The van der Waals surface area contributed by atoms with Crippen molar-refractivity contribution in [3.63, 3.8) is 0 Å². The summed E-state index contributed by atoms with van der Waals surface area (Å²) in [6.07, 6.45) is -2.06. The molecular weight excluding hydrogens is 729 g/mol. The van der Waals surface area contributed by atoms with Crippen LogP contribution in [0.3, 0.4) is 0 Å². The number of carbonyl (C=O) groups excluding carboxylic acids is 4. The van der Waals surface area contributed by atoms with Gasteiger partial charge in [-0.3, -0.25) is 9.59 Å². The fraction of sp³-hybridized carbons (Fsp3) is 0.317. The van der Waals surface area contributed by atoms with Crippen LogP contribution in [0.25, 0.3) is 0 Å². The molecule has 2 amide bonds. The molecule has 14 heteroatoms. The predicted octanol–water partition coefficient (Wildman–Crippen LogP) is 5.12. The van der Waals surface area contributed by atoms with Crippen molar-refractivity contribution in [2.45, 2.75) is 74.5 Å². The Hall–Kier alpha value is -5.89. The van der Waals surface area contributed by atoms with Crippen molar-refractivity contribution in [3.8, 4) is 17.2 Å². The third-order valence-corrected chi connectivity index (χ3v) is 10.4. The molecule has 292 valence electrons. The lowest BCUT2D eigenvalue weighted by Gasteiger charge is -2.26. The van der Waals surface area contributed by atoms with Crippen molar-refractivity contribution in [3.05, 3.63) is 120 Å². The van der Waals surface area contributed by atoms with E-state index in [1.54, 1.807) is 70.3 Å². The zero-order chi connectivity index (χ0) is 40.2. The fourth-order valence-corrected chi connectivity index (χ4v) is 7.21. The number of amides is 2. The van der Waals surface area contributed by atoms with Gasteiger partial charge in [-0.05, 0) is 92.4 Å². The van der Waals surface area contributed by atoms with Crippen LogP contribution in [0, 0.1) is 0 Å². The summed E-state index contributed by atoms with van der Waals surface area (Å²) in [5.41, 5.74) is 1.07. The molecule has 3 N–H and O–H groups in total. The van der Waals surface area contributed by atoms with E-state index in [2.05, 4.69) is 10.6 Å². The number of phenols is 1. The van der Waals surface area contributed by atoms with Crippen LogP contribution < -0.4 is 20.1 Å². The Morgan fingerprint density at radius 1 is 0.709 bits per heavy atom. The van der Waals surface area contributed by atoms with Crippen LogP contribution in [0.1, 0.15) is 43.9 Å². The van der Waals surface area contributed by atoms with Gasteiger partial charge in [0.05, 0.1) is 31.6 Å². The molecule has 1 unspecified atom stereocenters. The Bertz CT molecular complexity index is 2010. The molecule has 0 aliphatic rings. The standard InChI is InChI=1S/C41H46N2O11S/c1-41(2,3)54-40(48)43-34(23-28-13-21-32(22-14-28)53-26-29-15-19-31(51-4)20-16-29)38(46)36(55(49,50)33-9-7-6-8-10-33)25-37(45)42-35(39(47)52-5)24-27-11-17-30(44)18-12-27/h6-22,34-36,44H,23-26H2,1-5H3,(H,42,45)(H,43,48)/t34-,35-,36?/m0/s1. The summed E-state index contributed by atoms with van der Waals surface area (Å²) >= 11 is 0. The third-order valence-electron chi connectivity index (χ3n) is 8.29. The lowest BCUT2D eigenvalue weighted by molar-refractivity contribution is -0.145. The van der Waals surface area contributed by atoms with Crippen molar-refractivity contribution < 1.29 is 51.6 Å². The molecule has 3 atom stereocenters. The minimum absolute atomic E-state index is 0.00146. The molecule has 0 saturated heterocycles. The van der Waals surface area contributed by atoms with E-state index < -0.39 is 62.9 Å². The maximum absolute atomic E-state index is 14.5. The summed E-state index contributed by atoms with van der Waals surface area (Å²) in [5, 5.41) is 12.7. The molecule has 0 heterocycles. The molecule has 0 spiro atoms. The van der Waals surface area contributed by atoms with Gasteiger partial charge >= 0.3 is 12.1 Å². The number of sulfone groups is 1. The minimum Gasteiger partial charge on any atom is -0.508 e. The highest BCUT2D eigenvalue weighted by Gasteiger charge is 2.41. The number of carbonyl (C=O) groups is 4. The zero-order valence-corrected chi connectivity index (χ0v) is 32.1. The Morgan fingerprint density at radius 3 is 1.82 bits per heavy atom. The third kappa shape index (κ3) is 12.6. The smallest absolute Gasteiger partial charge is 0.408 e. The molecule has 4 aromatic rings. The van der Waals surface area contributed by atoms with E-state index in [9.17, 15) is 32.7 Å². The number of hydrogen-bond acceptors (Lipinski definition) is 11. The van der Waals surface area contributed by atoms with Gasteiger partial charge in [-0.15, -0.1) is 0 Å². The van der Waals surface area contributed by atoms with E-state index in [4.69, 9.17) is 18.9 Å². The van der Waals surface area contributed by atoms with E-state index in [0.29, 0.717) is 22.6 Å². The second-order valence-electron chi connectivity index (χ2n) is 13.7. The molecule has 0 saturated carbocycles. The Kier molecular flexibility index (Phi) is 14.4. The maximum Gasteiger partial charge on any atom is 0.408 e. The molecule has 13 nitrogen and oxygen atoms in total. The fourth-order valence-electron chi connectivity index (χ4n) is 5.51. The summed E-state index contributed by atoms with van der Waals surface area (Å²) in [5.74, 6) is -1.47. The molecule has 4 rings (SSSR count). The zero-order valence-electron chi connectivity index (χ0n) is 31.3. The number of ether oxygens (including phenoxy) is 4. The monoisotopic (exact) mass is 774 g/mol. The molecule has 0 aliphatic carbocycles. The summed E-state index contributed by atoms with van der Waals surface area (Å²) in [7, 11) is -1.83. The summed E-state index contributed by atoms with van der Waals surface area (Å²) < 4.78 is 49.7. The van der Waals surface area contributed by atoms with Gasteiger partial charge in [-0.2, -0.15) is 0 Å². The van der Waals surface area contributed by atoms with Crippen LogP contribution in [0.5, 0.6) is 17.2 Å². The topological polar surface area (TPSA) is 184 Å². The second kappa shape index (κ2) is 18.9. The number of methoxy groups -OCH3 is 2. The average Bonchev–Trinajstić information content (AvgIpc) is 3.16. The number of rotatable bonds is 17. The van der Waals surface area contributed by atoms with Gasteiger partial charge in [0.25, 0.3) is 0 Å². The predicted molar refractivity (Wildman–Crippen MR) is 203 cm³/mol. The molecule has 4 aromatic carbocycles. The molecule has 55 heavy (non-hydrogen) atoms. The number of benzene rings is 4. The summed E-state index contributed by atoms with van der Waals surface area (Å²) in [4.78, 5) is 53.7. The number of alkyl carbamates (subject to hydrolysis) is 1. The van der Waals surface area contributed by atoms with Crippen molar-refractivity contribution in [1.82, 2.24) is 10.6 Å². The first-order chi connectivity index (χ1) is 26.1. The highest BCUT2D eigenvalue weighted by Crippen LogP contribution is 2.24. The summed E-state index contributed by atoms with van der Waals surface area (Å²) in [6.45, 7) is 5.18. The number of aromatic hydroxyl groups is 1. The van der Waals surface area contributed by atoms with Crippen LogP contribution in [-0.2, 0) is 53.1 Å². The van der Waals surface area contributed by atoms with Gasteiger partial charge in [0, 0.05) is 6.42 Å². The number of phenolic OH excluding ortho intramolecular Hbond substituents is 1. The van der Waals surface area contributed by atoms with Crippen LogP contribution in [0.15, 0.2) is 108 Å². The van der Waals surface area contributed by atoms with Gasteiger partial charge in [-0.25, -0.2) is 18.0 Å². The average molecular weight is 775 g/mol. The minimum atomic E-state index is -4.55. The molecular formula is C41H46N2O11S. The quantitative estimate of drug-likeness (QED) is 0.121. The number of esters is 1. The largest absolute Gasteiger partial charge is 0.508 e. The molecule has 0 fully saturated rings. The van der Waals surface area contributed by atoms with Crippen molar-refractivity contribution in [2.24, 2.45) is 0 Å². The van der Waals surface area contributed by atoms with Crippen LogP contribution in [-0.4, -0.2) is 74.4 Å². The molecule has 0 radical (unpaired) electrons. The van der Waals surface area contributed by atoms with E-state index >= 15 is 0 Å². The molecule has 0 bridgehead atoms. The highest BCUT2D eigenvalue weighted by molar-refractivity contribution is 7.92. The normalized spacial score (nSPS) is 13.0. The van der Waals surface area contributed by atoms with Crippen LogP contribution in [0.2, 0.25) is 0 Å². The second-order valence-corrected chi connectivity index (χ2v) is 15.8. The number of Topliss-reactive ketones (excluding diaryl/α,β-unsaturated/α-hetero) is 1. The lowest BCUT2D eigenvalue weighted by atomic mass is 9.98. The Balaban J connectivity index is 1.62. The van der Waals surface area contributed by atoms with Gasteiger partial charge < -0.3 is 34.7 Å². The number of ketones is 1. The van der Waals surface area contributed by atoms with Crippen LogP contribution >= 0.6 is 0 Å². The molecule has 0 aromatic heterocycles. The van der Waals surface area contributed by atoms with Gasteiger partial charge in [-0.1, -0.05) is 54.6 Å². The van der Waals surface area contributed by atoms with Gasteiger partial charge in [0.2, 0.25) is 5.91 Å². The van der Waals surface area contributed by atoms with E-state index in [1.807, 2.05) is 24.3 Å². The van der Waals surface area contributed by atoms with Crippen molar-refractivity contribution >= 4 is 33.6 Å². The molecule has 0 aliphatic heterocycles. The van der Waals surface area contributed by atoms with E-state index in [0.717, 1.165) is 12.7 Å². The summed E-state index contributed by atoms with van der Waals surface area (Å²) in [6, 6.07) is 24.5. The SMILES string of the molecule is COC(=O)[C@H](Cc1ccc(O)cc1)NC(=O)CC(C(=O)[C@H](Cc1ccc(OCc2ccc(OC)cc2)cc1)NC(=O)OC(C)(C)C)S(=O)(=O)c1ccccc1. The first-order valence-corrected chi connectivity index (χ1v) is 18.9. The van der Waals surface area contributed by atoms with Crippen LogP contribution in [0.4, 0.5) is 4.79 Å².